The Bertz CT molecular complexity index is 1200. The maximum absolute atomic E-state index is 15.9. The fraction of sp³-hybridized carbons (Fsp3) is 0.522. The van der Waals surface area contributed by atoms with E-state index in [1.807, 2.05) is 0 Å². The number of imide groups is 1. The van der Waals surface area contributed by atoms with Crippen LogP contribution in [0.5, 0.6) is 0 Å². The molecular formula is C23H24F4N4O3. The number of urea groups is 1. The molecule has 0 bridgehead atoms. The fourth-order valence-electron chi connectivity index (χ4n) is 5.28. The largest absolute Gasteiger partial charge is 0.390 e. The third-order valence-electron chi connectivity index (χ3n) is 7.11. The van der Waals surface area contributed by atoms with Gasteiger partial charge in [0.15, 0.2) is 0 Å². The number of nitrogens with one attached hydrogen (secondary N) is 1. The van der Waals surface area contributed by atoms with Crippen molar-refractivity contribution in [1.82, 2.24) is 15.2 Å². The van der Waals surface area contributed by atoms with Crippen molar-refractivity contribution in [1.29, 1.82) is 0 Å². The zero-order valence-electron chi connectivity index (χ0n) is 18.8. The van der Waals surface area contributed by atoms with Crippen molar-refractivity contribution >= 4 is 28.5 Å². The van der Waals surface area contributed by atoms with E-state index in [4.69, 9.17) is 4.74 Å². The molecule has 34 heavy (non-hydrogen) atoms. The van der Waals surface area contributed by atoms with Crippen molar-refractivity contribution < 1.29 is 31.9 Å². The molecule has 3 fully saturated rings. The minimum absolute atomic E-state index is 0.119. The third-order valence-corrected chi connectivity index (χ3v) is 7.11. The Balaban J connectivity index is 1.45. The van der Waals surface area contributed by atoms with Crippen molar-refractivity contribution in [2.75, 3.05) is 31.1 Å². The van der Waals surface area contributed by atoms with E-state index in [0.717, 1.165) is 0 Å². The first-order valence-electron chi connectivity index (χ1n) is 11.1. The van der Waals surface area contributed by atoms with Gasteiger partial charge in [0.25, 0.3) is 0 Å². The van der Waals surface area contributed by atoms with Crippen LogP contribution in [0, 0.1) is 12.7 Å². The number of benzene rings is 1. The van der Waals surface area contributed by atoms with Gasteiger partial charge in [-0.05, 0) is 32.4 Å². The molecule has 3 aliphatic heterocycles. The molecule has 3 saturated heterocycles. The summed E-state index contributed by atoms with van der Waals surface area (Å²) in [6, 6.07) is 4.30. The van der Waals surface area contributed by atoms with Gasteiger partial charge in [-0.1, -0.05) is 6.07 Å². The molecule has 3 aliphatic rings. The maximum Gasteiger partial charge on any atom is 0.390 e. The van der Waals surface area contributed by atoms with Crippen LogP contribution in [0.2, 0.25) is 0 Å². The maximum atomic E-state index is 15.9. The van der Waals surface area contributed by atoms with Gasteiger partial charge in [-0.25, -0.2) is 9.18 Å². The Kier molecular flexibility index (Phi) is 5.14. The summed E-state index contributed by atoms with van der Waals surface area (Å²) in [5.74, 6) is -0.890. The summed E-state index contributed by atoms with van der Waals surface area (Å²) in [4.78, 5) is 31.3. The molecule has 1 N–H and O–H groups in total. The quantitative estimate of drug-likeness (QED) is 0.533. The summed E-state index contributed by atoms with van der Waals surface area (Å²) in [7, 11) is 0. The molecule has 0 saturated carbocycles. The number of hydrogen-bond donors (Lipinski definition) is 1. The number of carbonyl (C=O) groups excluding carboxylic acids is 2. The number of nitrogens with zero attached hydrogens (tertiary/aromatic N) is 3. The Hall–Kier alpha value is -2.79. The lowest BCUT2D eigenvalue weighted by Crippen LogP contribution is -2.49. The highest BCUT2D eigenvalue weighted by molar-refractivity contribution is 6.06. The van der Waals surface area contributed by atoms with Crippen LogP contribution in [0.15, 0.2) is 18.2 Å². The number of alkyl halides is 3. The molecule has 0 spiro atoms. The van der Waals surface area contributed by atoms with Crippen molar-refractivity contribution in [3.05, 3.63) is 35.3 Å². The first-order valence-corrected chi connectivity index (χ1v) is 11.1. The normalized spacial score (nSPS) is 27.6. The number of aryl methyl sites for hydroxylation is 1. The summed E-state index contributed by atoms with van der Waals surface area (Å²) < 4.78 is 59.8. The molecule has 5 rings (SSSR count). The van der Waals surface area contributed by atoms with E-state index in [1.54, 1.807) is 36.9 Å². The van der Waals surface area contributed by atoms with Crippen LogP contribution >= 0.6 is 0 Å². The number of rotatable bonds is 4. The molecule has 2 atom stereocenters. The van der Waals surface area contributed by atoms with Gasteiger partial charge in [0.1, 0.15) is 17.0 Å². The predicted molar refractivity (Wildman–Crippen MR) is 115 cm³/mol. The lowest BCUT2D eigenvalue weighted by atomic mass is 9.80. The van der Waals surface area contributed by atoms with Crippen LogP contribution in [-0.2, 0) is 15.1 Å². The summed E-state index contributed by atoms with van der Waals surface area (Å²) >= 11 is 0. The molecule has 11 heteroatoms. The summed E-state index contributed by atoms with van der Waals surface area (Å²) in [5, 5.41) is 2.47. The molecule has 1 aromatic carbocycles. The Morgan fingerprint density at radius 2 is 2.00 bits per heavy atom. The molecule has 4 heterocycles. The van der Waals surface area contributed by atoms with Gasteiger partial charge in [-0.15, -0.1) is 0 Å². The molecule has 182 valence electrons. The van der Waals surface area contributed by atoms with Crippen LogP contribution in [0.25, 0.3) is 10.9 Å². The van der Waals surface area contributed by atoms with E-state index >= 15 is 4.39 Å². The first-order chi connectivity index (χ1) is 15.9. The topological polar surface area (TPSA) is 78.1 Å². The van der Waals surface area contributed by atoms with Crippen LogP contribution in [-0.4, -0.2) is 59.8 Å². The van der Waals surface area contributed by atoms with Gasteiger partial charge in [-0.3, -0.25) is 24.9 Å². The van der Waals surface area contributed by atoms with E-state index in [0.29, 0.717) is 35.4 Å². The fourth-order valence-corrected chi connectivity index (χ4v) is 5.28. The molecule has 3 amide bonds. The SMILES string of the molecule is Cc1nc2ccc(C34CCN(CCC(F)(F)F)CC3(C)O4)c(F)c2cc1N1CCC(=O)NC1=O. The van der Waals surface area contributed by atoms with Gasteiger partial charge < -0.3 is 4.74 Å². The Morgan fingerprint density at radius 3 is 2.68 bits per heavy atom. The number of hydrogen-bond acceptors (Lipinski definition) is 5. The number of amides is 3. The highest BCUT2D eigenvalue weighted by Gasteiger charge is 2.70. The lowest BCUT2D eigenvalue weighted by molar-refractivity contribution is -0.138. The number of fused-ring (bicyclic) bond motifs is 2. The molecule has 0 aliphatic carbocycles. The monoisotopic (exact) mass is 480 g/mol. The van der Waals surface area contributed by atoms with Gasteiger partial charge >= 0.3 is 12.2 Å². The standard InChI is InChI=1S/C23H24F4N4O3/c1-13-17(31-8-5-18(32)29-20(31)33)11-14-16(28-13)4-3-15(19(14)24)22-6-9-30(10-7-23(25,26)27)12-21(22,2)34-22/h3-4,11H,5-10,12H2,1-2H3,(H,29,32,33). The number of carbonyl (C=O) groups is 2. The van der Waals surface area contributed by atoms with Gasteiger partial charge in [0, 0.05) is 43.5 Å². The van der Waals surface area contributed by atoms with Crippen LogP contribution in [0.4, 0.5) is 28.0 Å². The summed E-state index contributed by atoms with van der Waals surface area (Å²) in [6.07, 6.45) is -4.63. The highest BCUT2D eigenvalue weighted by atomic mass is 19.4. The number of epoxide rings is 1. The van der Waals surface area contributed by atoms with Crippen molar-refractivity contribution in [2.24, 2.45) is 0 Å². The van der Waals surface area contributed by atoms with Crippen molar-refractivity contribution in [3.8, 4) is 0 Å². The lowest BCUT2D eigenvalue weighted by Gasteiger charge is -2.33. The minimum atomic E-state index is -4.23. The highest BCUT2D eigenvalue weighted by Crippen LogP contribution is 2.61. The van der Waals surface area contributed by atoms with Crippen LogP contribution < -0.4 is 10.2 Å². The molecule has 2 aromatic rings. The molecule has 1 aromatic heterocycles. The smallest absolute Gasteiger partial charge is 0.356 e. The number of piperidine rings is 1. The Labute approximate surface area is 193 Å². The van der Waals surface area contributed by atoms with Crippen molar-refractivity contribution in [3.63, 3.8) is 0 Å². The second-order valence-electron chi connectivity index (χ2n) is 9.39. The number of anilines is 1. The second-order valence-corrected chi connectivity index (χ2v) is 9.39. The van der Waals surface area contributed by atoms with E-state index < -0.39 is 35.6 Å². The first kappa shape index (κ1) is 23.0. The summed E-state index contributed by atoms with van der Waals surface area (Å²) in [6.45, 7) is 4.19. The molecule has 2 unspecified atom stereocenters. The van der Waals surface area contributed by atoms with E-state index in [2.05, 4.69) is 10.3 Å². The van der Waals surface area contributed by atoms with Crippen molar-refractivity contribution in [2.45, 2.75) is 50.5 Å². The molecule has 0 radical (unpaired) electrons. The molecular weight excluding hydrogens is 456 g/mol. The Morgan fingerprint density at radius 1 is 1.24 bits per heavy atom. The number of ether oxygens (including phenoxy) is 1. The average Bonchev–Trinajstić information content (AvgIpc) is 3.38. The zero-order chi connectivity index (χ0) is 24.5. The van der Waals surface area contributed by atoms with Gasteiger partial charge in [-0.2, -0.15) is 13.2 Å². The number of likely N-dealkylation sites (tertiary alicyclic amines) is 1. The van der Waals surface area contributed by atoms with Crippen LogP contribution in [0.1, 0.15) is 37.4 Å². The zero-order valence-corrected chi connectivity index (χ0v) is 18.8. The number of halogens is 4. The van der Waals surface area contributed by atoms with Gasteiger partial charge in [0.05, 0.1) is 23.3 Å². The predicted octanol–water partition coefficient (Wildman–Crippen LogP) is 3.77. The number of aromatic nitrogens is 1. The minimum Gasteiger partial charge on any atom is -0.356 e. The number of pyridine rings is 1. The van der Waals surface area contributed by atoms with E-state index in [-0.39, 0.29) is 37.3 Å². The average molecular weight is 480 g/mol. The summed E-state index contributed by atoms with van der Waals surface area (Å²) in [5.41, 5.74) is -0.0233. The molecule has 7 nitrogen and oxygen atoms in total. The van der Waals surface area contributed by atoms with E-state index in [1.165, 1.54) is 4.90 Å². The van der Waals surface area contributed by atoms with Gasteiger partial charge in [0.2, 0.25) is 5.91 Å². The van der Waals surface area contributed by atoms with Crippen LogP contribution in [0.3, 0.4) is 0 Å². The third kappa shape index (κ3) is 3.70. The second kappa shape index (κ2) is 7.61. The van der Waals surface area contributed by atoms with E-state index in [9.17, 15) is 22.8 Å².